The summed E-state index contributed by atoms with van der Waals surface area (Å²) >= 11 is 0. The van der Waals surface area contributed by atoms with Gasteiger partial charge in [0.15, 0.2) is 0 Å². The molecule has 0 aromatic carbocycles. The van der Waals surface area contributed by atoms with Crippen molar-refractivity contribution >= 4 is 12.1 Å². The summed E-state index contributed by atoms with van der Waals surface area (Å²) in [6.07, 6.45) is 1.84. The zero-order chi connectivity index (χ0) is 17.2. The van der Waals surface area contributed by atoms with E-state index >= 15 is 0 Å². The number of ether oxygens (including phenoxy) is 2. The number of carbonyl (C=O) groups excluding carboxylic acids is 2. The standard InChI is InChI=1S/C16H22N2O5/c1-16(2,3)23-15(21)18-6-5-10(9-18)12-8-17-13(19)7-11(12)14(20)22-4/h7-8,10H,5-6,9H2,1-4H3,(H,17,19). The van der Waals surface area contributed by atoms with Crippen molar-refractivity contribution in [3.8, 4) is 0 Å². The molecule has 2 rings (SSSR count). The molecule has 1 aromatic rings. The van der Waals surface area contributed by atoms with E-state index in [1.807, 2.05) is 20.8 Å². The molecule has 1 saturated heterocycles. The molecule has 1 aliphatic rings. The molecule has 126 valence electrons. The van der Waals surface area contributed by atoms with Crippen LogP contribution in [0.25, 0.3) is 0 Å². The minimum atomic E-state index is -0.554. The monoisotopic (exact) mass is 322 g/mol. The lowest BCUT2D eigenvalue weighted by molar-refractivity contribution is 0.0292. The first-order valence-corrected chi connectivity index (χ1v) is 7.50. The Morgan fingerprint density at radius 1 is 1.35 bits per heavy atom. The largest absolute Gasteiger partial charge is 0.465 e. The van der Waals surface area contributed by atoms with Gasteiger partial charge in [0.25, 0.3) is 0 Å². The van der Waals surface area contributed by atoms with Crippen molar-refractivity contribution in [2.45, 2.75) is 38.7 Å². The zero-order valence-electron chi connectivity index (χ0n) is 13.8. The summed E-state index contributed by atoms with van der Waals surface area (Å²) in [7, 11) is 1.27. The second-order valence-corrected chi connectivity index (χ2v) is 6.57. The number of pyridine rings is 1. The Balaban J connectivity index is 2.18. The van der Waals surface area contributed by atoms with Gasteiger partial charge in [0.05, 0.1) is 12.7 Å². The van der Waals surface area contributed by atoms with Crippen molar-refractivity contribution in [3.63, 3.8) is 0 Å². The average Bonchev–Trinajstić information content (AvgIpc) is 2.94. The lowest BCUT2D eigenvalue weighted by atomic mass is 9.95. The van der Waals surface area contributed by atoms with E-state index in [1.54, 1.807) is 4.90 Å². The summed E-state index contributed by atoms with van der Waals surface area (Å²) in [6, 6.07) is 1.23. The summed E-state index contributed by atoms with van der Waals surface area (Å²) in [5, 5.41) is 0. The van der Waals surface area contributed by atoms with Gasteiger partial charge in [0.2, 0.25) is 5.56 Å². The van der Waals surface area contributed by atoms with E-state index in [1.165, 1.54) is 19.4 Å². The number of aromatic nitrogens is 1. The molecule has 1 aliphatic heterocycles. The normalized spacial score (nSPS) is 17.9. The first-order chi connectivity index (χ1) is 10.7. The van der Waals surface area contributed by atoms with Crippen LogP contribution in [-0.2, 0) is 9.47 Å². The molecule has 0 radical (unpaired) electrons. The lowest BCUT2D eigenvalue weighted by Gasteiger charge is -2.24. The number of carbonyl (C=O) groups is 2. The predicted octanol–water partition coefficient (Wildman–Crippen LogP) is 1.89. The van der Waals surface area contributed by atoms with Crippen LogP contribution in [-0.4, -0.2) is 47.7 Å². The van der Waals surface area contributed by atoms with Crippen molar-refractivity contribution in [1.29, 1.82) is 0 Å². The Labute approximate surface area is 134 Å². The second kappa shape index (κ2) is 6.44. The number of H-pyrrole nitrogens is 1. The van der Waals surface area contributed by atoms with Gasteiger partial charge in [0.1, 0.15) is 5.60 Å². The molecule has 0 saturated carbocycles. The maximum atomic E-state index is 12.1. The van der Waals surface area contributed by atoms with Gasteiger partial charge in [-0.05, 0) is 32.8 Å². The third-order valence-corrected chi connectivity index (χ3v) is 3.64. The molecule has 7 nitrogen and oxygen atoms in total. The summed E-state index contributed by atoms with van der Waals surface area (Å²) in [6.45, 7) is 6.42. The third kappa shape index (κ3) is 4.12. The van der Waals surface area contributed by atoms with Crippen LogP contribution in [0.3, 0.4) is 0 Å². The Bertz CT molecular complexity index is 659. The molecule has 0 spiro atoms. The van der Waals surface area contributed by atoms with Crippen LogP contribution in [0, 0.1) is 0 Å². The van der Waals surface area contributed by atoms with Crippen molar-refractivity contribution in [1.82, 2.24) is 9.88 Å². The van der Waals surface area contributed by atoms with Gasteiger partial charge < -0.3 is 19.4 Å². The van der Waals surface area contributed by atoms with Gasteiger partial charge in [-0.1, -0.05) is 0 Å². The number of likely N-dealkylation sites (tertiary alicyclic amines) is 1. The van der Waals surface area contributed by atoms with Crippen molar-refractivity contribution in [3.05, 3.63) is 33.7 Å². The molecule has 1 N–H and O–H groups in total. The first-order valence-electron chi connectivity index (χ1n) is 7.50. The predicted molar refractivity (Wildman–Crippen MR) is 83.6 cm³/mol. The molecule has 2 heterocycles. The maximum Gasteiger partial charge on any atom is 0.410 e. The van der Waals surface area contributed by atoms with Crippen LogP contribution in [0.5, 0.6) is 0 Å². The van der Waals surface area contributed by atoms with Gasteiger partial charge >= 0.3 is 12.1 Å². The molecule has 0 bridgehead atoms. The summed E-state index contributed by atoms with van der Waals surface area (Å²) in [5.74, 6) is -0.602. The highest BCUT2D eigenvalue weighted by Crippen LogP contribution is 2.30. The SMILES string of the molecule is COC(=O)c1cc(=O)[nH]cc1C1CCN(C(=O)OC(C)(C)C)C1. The van der Waals surface area contributed by atoms with Gasteiger partial charge in [-0.3, -0.25) is 4.79 Å². The molecule has 7 heteroatoms. The molecule has 1 atom stereocenters. The van der Waals surface area contributed by atoms with Crippen LogP contribution in [0.4, 0.5) is 4.79 Å². The van der Waals surface area contributed by atoms with Gasteiger partial charge in [-0.15, -0.1) is 0 Å². The number of hydrogen-bond donors (Lipinski definition) is 1. The van der Waals surface area contributed by atoms with Crippen LogP contribution in [0.15, 0.2) is 17.1 Å². The molecular formula is C16H22N2O5. The Morgan fingerprint density at radius 3 is 2.65 bits per heavy atom. The fourth-order valence-corrected chi connectivity index (χ4v) is 2.61. The Hall–Kier alpha value is -2.31. The number of nitrogens with zero attached hydrogens (tertiary/aromatic N) is 1. The maximum absolute atomic E-state index is 12.1. The summed E-state index contributed by atoms with van der Waals surface area (Å²) < 4.78 is 10.1. The average molecular weight is 322 g/mol. The number of rotatable bonds is 2. The van der Waals surface area contributed by atoms with Crippen LogP contribution in [0.2, 0.25) is 0 Å². The Kier molecular flexibility index (Phi) is 4.77. The van der Waals surface area contributed by atoms with Gasteiger partial charge in [-0.2, -0.15) is 0 Å². The van der Waals surface area contributed by atoms with E-state index in [2.05, 4.69) is 4.98 Å². The molecule has 1 fully saturated rings. The quantitative estimate of drug-likeness (QED) is 0.840. The fourth-order valence-electron chi connectivity index (χ4n) is 2.61. The Morgan fingerprint density at radius 2 is 2.04 bits per heavy atom. The van der Waals surface area contributed by atoms with Crippen LogP contribution < -0.4 is 5.56 Å². The zero-order valence-corrected chi connectivity index (χ0v) is 13.8. The van der Waals surface area contributed by atoms with E-state index in [9.17, 15) is 14.4 Å². The summed E-state index contributed by atoms with van der Waals surface area (Å²) in [4.78, 5) is 39.6. The molecular weight excluding hydrogens is 300 g/mol. The van der Waals surface area contributed by atoms with Crippen molar-refractivity contribution in [2.24, 2.45) is 0 Å². The third-order valence-electron chi connectivity index (χ3n) is 3.64. The number of nitrogens with one attached hydrogen (secondary N) is 1. The van der Waals surface area contributed by atoms with E-state index < -0.39 is 11.6 Å². The summed E-state index contributed by atoms with van der Waals surface area (Å²) in [5.41, 5.74) is 0.00980. The van der Waals surface area contributed by atoms with Crippen LogP contribution >= 0.6 is 0 Å². The molecule has 1 aromatic heterocycles. The molecule has 1 unspecified atom stereocenters. The number of hydrogen-bond acceptors (Lipinski definition) is 5. The number of esters is 1. The van der Waals surface area contributed by atoms with Crippen molar-refractivity contribution < 1.29 is 19.1 Å². The molecule has 23 heavy (non-hydrogen) atoms. The first kappa shape index (κ1) is 17.1. The van der Waals surface area contributed by atoms with Crippen molar-refractivity contribution in [2.75, 3.05) is 20.2 Å². The van der Waals surface area contributed by atoms with E-state index in [0.29, 0.717) is 25.1 Å². The number of methoxy groups -OCH3 is 1. The van der Waals surface area contributed by atoms with Gasteiger partial charge in [0, 0.05) is 31.3 Å². The second-order valence-electron chi connectivity index (χ2n) is 6.57. The van der Waals surface area contributed by atoms with Crippen LogP contribution in [0.1, 0.15) is 49.0 Å². The fraction of sp³-hybridized carbons (Fsp3) is 0.562. The molecule has 1 amide bonds. The molecule has 0 aliphatic carbocycles. The number of aromatic amines is 1. The topological polar surface area (TPSA) is 88.7 Å². The van der Waals surface area contributed by atoms with Gasteiger partial charge in [-0.25, -0.2) is 9.59 Å². The highest BCUT2D eigenvalue weighted by Gasteiger charge is 2.32. The van der Waals surface area contributed by atoms with E-state index in [-0.39, 0.29) is 23.1 Å². The van der Waals surface area contributed by atoms with E-state index in [4.69, 9.17) is 9.47 Å². The number of amides is 1. The van der Waals surface area contributed by atoms with E-state index in [0.717, 1.165) is 0 Å². The highest BCUT2D eigenvalue weighted by atomic mass is 16.6. The minimum Gasteiger partial charge on any atom is -0.465 e. The highest BCUT2D eigenvalue weighted by molar-refractivity contribution is 5.91. The smallest absolute Gasteiger partial charge is 0.410 e. The minimum absolute atomic E-state index is 0.0477. The lowest BCUT2D eigenvalue weighted by Crippen LogP contribution is -2.35.